The van der Waals surface area contributed by atoms with E-state index >= 15 is 0 Å². The Morgan fingerprint density at radius 1 is 0.328 bits per heavy atom. The number of hydrogen-bond donors (Lipinski definition) is 0. The first kappa shape index (κ1) is 34.7. The molecule has 0 radical (unpaired) electrons. The van der Waals surface area contributed by atoms with Crippen molar-refractivity contribution in [2.24, 2.45) is 0 Å². The summed E-state index contributed by atoms with van der Waals surface area (Å²) in [6.07, 6.45) is 3.60. The zero-order valence-electron chi connectivity index (χ0n) is 32.8. The van der Waals surface area contributed by atoms with Gasteiger partial charge in [-0.2, -0.15) is 0 Å². The number of aromatic nitrogens is 4. The minimum Gasteiger partial charge on any atom is -0.453 e. The van der Waals surface area contributed by atoms with Crippen molar-refractivity contribution >= 4 is 54.2 Å². The molecular weight excluding hydrogens is 745 g/mol. The second kappa shape index (κ2) is 14.2. The predicted octanol–water partition coefficient (Wildman–Crippen LogP) is 14.6. The molecule has 0 bridgehead atoms. The molecule has 0 atom stereocenters. The number of furan rings is 1. The highest BCUT2D eigenvalue weighted by molar-refractivity contribution is 6.26. The Kier molecular flexibility index (Phi) is 8.10. The van der Waals surface area contributed by atoms with Crippen molar-refractivity contribution in [3.8, 4) is 67.6 Å². The number of hydrogen-bond acceptors (Lipinski definition) is 5. The maximum Gasteiger partial charge on any atom is 0.162 e. The molecule has 12 rings (SSSR count). The van der Waals surface area contributed by atoms with Gasteiger partial charge < -0.3 is 4.42 Å². The van der Waals surface area contributed by atoms with Gasteiger partial charge in [-0.15, -0.1) is 0 Å². The fourth-order valence-corrected chi connectivity index (χ4v) is 8.94. The first-order valence-electron chi connectivity index (χ1n) is 20.5. The summed E-state index contributed by atoms with van der Waals surface area (Å²) in [7, 11) is 0. The van der Waals surface area contributed by atoms with Gasteiger partial charge in [0, 0.05) is 39.9 Å². The van der Waals surface area contributed by atoms with Crippen molar-refractivity contribution in [3.05, 3.63) is 207 Å². The van der Waals surface area contributed by atoms with Crippen LogP contribution >= 0.6 is 0 Å². The van der Waals surface area contributed by atoms with Crippen LogP contribution in [-0.2, 0) is 0 Å². The first-order valence-corrected chi connectivity index (χ1v) is 20.5. The van der Waals surface area contributed by atoms with Crippen LogP contribution in [0.15, 0.2) is 211 Å². The van der Waals surface area contributed by atoms with Gasteiger partial charge >= 0.3 is 0 Å². The molecule has 284 valence electrons. The third-order valence-corrected chi connectivity index (χ3v) is 11.8. The lowest BCUT2D eigenvalue weighted by molar-refractivity contribution is 0.632. The van der Waals surface area contributed by atoms with Crippen LogP contribution < -0.4 is 0 Å². The van der Waals surface area contributed by atoms with Gasteiger partial charge in [-0.25, -0.2) is 9.97 Å². The van der Waals surface area contributed by atoms with E-state index in [4.69, 9.17) is 14.4 Å². The summed E-state index contributed by atoms with van der Waals surface area (Å²) < 4.78 is 7.21. The quantitative estimate of drug-likeness (QED) is 0.157. The molecular formula is C56H34N4O. The van der Waals surface area contributed by atoms with Gasteiger partial charge in [0.2, 0.25) is 0 Å². The molecule has 5 heteroatoms. The van der Waals surface area contributed by atoms with E-state index in [-0.39, 0.29) is 0 Å². The molecule has 0 saturated heterocycles. The maximum atomic E-state index is 7.21. The van der Waals surface area contributed by atoms with E-state index in [1.807, 2.05) is 42.5 Å². The van der Waals surface area contributed by atoms with Crippen molar-refractivity contribution < 1.29 is 4.42 Å². The average Bonchev–Trinajstić information content (AvgIpc) is 3.76. The summed E-state index contributed by atoms with van der Waals surface area (Å²) in [5, 5.41) is 9.47. The van der Waals surface area contributed by atoms with Crippen LogP contribution in [0.25, 0.3) is 122 Å². The molecule has 0 aliphatic carbocycles. The van der Waals surface area contributed by atoms with Crippen LogP contribution in [0.3, 0.4) is 0 Å². The summed E-state index contributed by atoms with van der Waals surface area (Å²) in [4.78, 5) is 19.5. The topological polar surface area (TPSA) is 64.7 Å². The van der Waals surface area contributed by atoms with Crippen LogP contribution in [0.4, 0.5) is 0 Å². The monoisotopic (exact) mass is 778 g/mol. The minimum absolute atomic E-state index is 0.761. The Labute approximate surface area is 351 Å². The van der Waals surface area contributed by atoms with Crippen molar-refractivity contribution in [3.63, 3.8) is 0 Å². The summed E-state index contributed by atoms with van der Waals surface area (Å²) in [5.74, 6) is 0.791. The van der Waals surface area contributed by atoms with E-state index in [1.54, 1.807) is 12.4 Å². The van der Waals surface area contributed by atoms with Crippen LogP contribution in [0.2, 0.25) is 0 Å². The van der Waals surface area contributed by atoms with Gasteiger partial charge in [-0.3, -0.25) is 9.97 Å². The number of benzene rings is 7. The predicted molar refractivity (Wildman–Crippen MR) is 250 cm³/mol. The van der Waals surface area contributed by atoms with E-state index in [1.165, 1.54) is 32.3 Å². The second-order valence-electron chi connectivity index (χ2n) is 15.3. The SMILES string of the molecule is c1ccc(-c2nc3ccccc3c3c(-c4ccc5c6ccccc6c6ccccc6c5c4)c(-c4ccc(-c5cc(-c6ccccn6)nc(-c6ccccn6)c5)cc4)oc23)cc1. The molecule has 0 aliphatic rings. The van der Waals surface area contributed by atoms with E-state index in [9.17, 15) is 0 Å². The molecule has 0 fully saturated rings. The van der Waals surface area contributed by atoms with Crippen molar-refractivity contribution in [2.75, 3.05) is 0 Å². The number of rotatable bonds is 6. The highest BCUT2D eigenvalue weighted by atomic mass is 16.3. The minimum atomic E-state index is 0.761. The highest BCUT2D eigenvalue weighted by Gasteiger charge is 2.25. The number of fused-ring (bicyclic) bond motifs is 9. The van der Waals surface area contributed by atoms with Crippen LogP contribution in [0, 0.1) is 0 Å². The maximum absolute atomic E-state index is 7.21. The molecule has 0 unspecified atom stereocenters. The molecule has 0 N–H and O–H groups in total. The van der Waals surface area contributed by atoms with E-state index in [2.05, 4.69) is 162 Å². The van der Waals surface area contributed by atoms with Gasteiger partial charge in [0.05, 0.1) is 28.3 Å². The van der Waals surface area contributed by atoms with Crippen LogP contribution in [0.1, 0.15) is 0 Å². The molecule has 5 heterocycles. The lowest BCUT2D eigenvalue weighted by Crippen LogP contribution is -1.94. The van der Waals surface area contributed by atoms with Gasteiger partial charge in [-0.1, -0.05) is 146 Å². The first-order chi connectivity index (χ1) is 30.2. The summed E-state index contributed by atoms with van der Waals surface area (Å²) in [6, 6.07) is 67.8. The van der Waals surface area contributed by atoms with Crippen LogP contribution in [0.5, 0.6) is 0 Å². The third kappa shape index (κ3) is 5.86. The summed E-state index contributed by atoms with van der Waals surface area (Å²) in [5.41, 5.74) is 11.8. The van der Waals surface area contributed by atoms with Gasteiger partial charge in [-0.05, 0) is 97.5 Å². The number of nitrogens with zero attached hydrogens (tertiary/aromatic N) is 4. The smallest absolute Gasteiger partial charge is 0.162 e. The Bertz CT molecular complexity index is 3530. The van der Waals surface area contributed by atoms with E-state index in [0.29, 0.717) is 0 Å². The van der Waals surface area contributed by atoms with Crippen molar-refractivity contribution in [1.29, 1.82) is 0 Å². The largest absolute Gasteiger partial charge is 0.453 e. The standard InChI is InChI=1S/C56H34N4O/c1-2-14-36(15-3-1)54-56-53(45-20-8-9-21-47(45)60-54)52(38-28-29-44-42-18-5-4-16-40(42)41-17-6-7-19-43(41)46(44)32-38)55(61-56)37-26-24-35(25-27-37)39-33-50(48-22-10-12-30-57-48)59-51(34-39)49-23-11-13-31-58-49/h1-34H. The molecule has 0 spiro atoms. The number of pyridine rings is 4. The van der Waals surface area contributed by atoms with Crippen molar-refractivity contribution in [2.45, 2.75) is 0 Å². The molecule has 61 heavy (non-hydrogen) atoms. The zero-order valence-corrected chi connectivity index (χ0v) is 32.8. The molecule has 0 amide bonds. The van der Waals surface area contributed by atoms with Gasteiger partial charge in [0.25, 0.3) is 0 Å². The fourth-order valence-electron chi connectivity index (χ4n) is 8.94. The van der Waals surface area contributed by atoms with Gasteiger partial charge in [0.15, 0.2) is 5.58 Å². The molecule has 5 aromatic heterocycles. The number of para-hydroxylation sites is 1. The summed E-state index contributed by atoms with van der Waals surface area (Å²) in [6.45, 7) is 0. The lowest BCUT2D eigenvalue weighted by atomic mass is 9.90. The van der Waals surface area contributed by atoms with E-state index in [0.717, 1.165) is 89.5 Å². The molecule has 0 aliphatic heterocycles. The average molecular weight is 779 g/mol. The Balaban J connectivity index is 1.10. The zero-order chi connectivity index (χ0) is 40.3. The lowest BCUT2D eigenvalue weighted by Gasteiger charge is -2.13. The fraction of sp³-hybridized carbons (Fsp3) is 0. The highest BCUT2D eigenvalue weighted by Crippen LogP contribution is 2.48. The Morgan fingerprint density at radius 2 is 0.852 bits per heavy atom. The molecule has 7 aromatic carbocycles. The Hall–Kier alpha value is -8.28. The molecule has 12 aromatic rings. The third-order valence-electron chi connectivity index (χ3n) is 11.8. The molecule has 0 saturated carbocycles. The normalized spacial score (nSPS) is 11.6. The van der Waals surface area contributed by atoms with Gasteiger partial charge in [0.1, 0.15) is 11.5 Å². The molecule has 5 nitrogen and oxygen atoms in total. The summed E-state index contributed by atoms with van der Waals surface area (Å²) >= 11 is 0. The van der Waals surface area contributed by atoms with E-state index < -0.39 is 0 Å². The van der Waals surface area contributed by atoms with Crippen molar-refractivity contribution in [1.82, 2.24) is 19.9 Å². The second-order valence-corrected chi connectivity index (χ2v) is 15.3. The van der Waals surface area contributed by atoms with Crippen LogP contribution in [-0.4, -0.2) is 19.9 Å². The Morgan fingerprint density at radius 3 is 1.48 bits per heavy atom.